The zero-order valence-corrected chi connectivity index (χ0v) is 23.8. The lowest BCUT2D eigenvalue weighted by atomic mass is 9.54. The molecule has 0 radical (unpaired) electrons. The van der Waals surface area contributed by atoms with Crippen LogP contribution in [0.5, 0.6) is 5.75 Å². The first-order valence-corrected chi connectivity index (χ1v) is 15.1. The van der Waals surface area contributed by atoms with Crippen molar-refractivity contribution in [2.24, 2.45) is 29.1 Å². The van der Waals surface area contributed by atoms with Gasteiger partial charge in [0.05, 0.1) is 5.69 Å². The third kappa shape index (κ3) is 5.29. The Bertz CT molecular complexity index is 1300. The molecule has 6 rings (SSSR count). The number of ether oxygens (including phenoxy) is 1. The summed E-state index contributed by atoms with van der Waals surface area (Å²) in [5.74, 6) is 4.24. The molecule has 5 nitrogen and oxygen atoms in total. The molecule has 2 fully saturated rings. The molecule has 0 amide bonds. The van der Waals surface area contributed by atoms with Gasteiger partial charge in [0.2, 0.25) is 0 Å². The fourth-order valence-corrected chi connectivity index (χ4v) is 8.19. The molecule has 0 spiro atoms. The Balaban J connectivity index is 1.13. The Morgan fingerprint density at radius 2 is 1.97 bits per heavy atom. The summed E-state index contributed by atoms with van der Waals surface area (Å²) in [5.41, 5.74) is 5.10. The van der Waals surface area contributed by atoms with Gasteiger partial charge >= 0.3 is 0 Å². The first-order chi connectivity index (χ1) is 18.9. The van der Waals surface area contributed by atoms with Crippen LogP contribution in [0.1, 0.15) is 87.6 Å². The van der Waals surface area contributed by atoms with Crippen molar-refractivity contribution in [2.75, 3.05) is 0 Å². The van der Waals surface area contributed by atoms with Gasteiger partial charge in [-0.05, 0) is 103 Å². The maximum atomic E-state index is 13.4. The summed E-state index contributed by atoms with van der Waals surface area (Å²) in [4.78, 5) is 13.4. The van der Waals surface area contributed by atoms with E-state index in [0.29, 0.717) is 42.0 Å². The number of ketones is 1. The number of nitrogens with zero attached hydrogens (tertiary/aromatic N) is 3. The second-order valence-corrected chi connectivity index (χ2v) is 13.0. The molecule has 3 aliphatic carbocycles. The number of Topliss-reactive ketones (excluding diaryl/α,β-unsaturated/α-hetero) is 1. The van der Waals surface area contributed by atoms with Crippen LogP contribution in [0.2, 0.25) is 0 Å². The van der Waals surface area contributed by atoms with Gasteiger partial charge in [-0.2, -0.15) is 0 Å². The molecule has 5 atom stereocenters. The predicted molar refractivity (Wildman–Crippen MR) is 154 cm³/mol. The molecule has 5 unspecified atom stereocenters. The Labute approximate surface area is 233 Å². The van der Waals surface area contributed by atoms with E-state index in [1.54, 1.807) is 0 Å². The molecule has 39 heavy (non-hydrogen) atoms. The maximum Gasteiger partial charge on any atom is 0.139 e. The van der Waals surface area contributed by atoms with Crippen LogP contribution in [-0.2, 0) is 30.8 Å². The number of hydrogen-bond acceptors (Lipinski definition) is 4. The number of carbonyl (C=O) groups is 1. The highest BCUT2D eigenvalue weighted by atomic mass is 16.5. The SMILES string of the molecule is CC(C)Cc1cn(CCCC2CC(=O)C3(C)CCC4c5ccc(OCc6ccccc6)cc5CCC4C23)nn1. The summed E-state index contributed by atoms with van der Waals surface area (Å²) < 4.78 is 8.16. The second-order valence-electron chi connectivity index (χ2n) is 13.0. The van der Waals surface area contributed by atoms with E-state index in [-0.39, 0.29) is 5.41 Å². The first kappa shape index (κ1) is 26.3. The Morgan fingerprint density at radius 1 is 1.13 bits per heavy atom. The minimum absolute atomic E-state index is 0.139. The molecule has 0 bridgehead atoms. The topological polar surface area (TPSA) is 57.0 Å². The molecule has 1 aromatic heterocycles. The summed E-state index contributed by atoms with van der Waals surface area (Å²) in [6.45, 7) is 8.22. The highest BCUT2D eigenvalue weighted by Crippen LogP contribution is 2.62. The van der Waals surface area contributed by atoms with Crippen LogP contribution in [0.3, 0.4) is 0 Å². The normalized spacial score (nSPS) is 27.7. The lowest BCUT2D eigenvalue weighted by molar-refractivity contribution is -0.129. The Kier molecular flexibility index (Phi) is 7.35. The quantitative estimate of drug-likeness (QED) is 0.297. The van der Waals surface area contributed by atoms with Crippen LogP contribution in [0, 0.1) is 29.1 Å². The highest BCUT2D eigenvalue weighted by molar-refractivity contribution is 5.87. The Hall–Kier alpha value is -2.95. The van der Waals surface area contributed by atoms with E-state index in [1.807, 2.05) is 10.7 Å². The maximum absolute atomic E-state index is 13.4. The molecular weight excluding hydrogens is 482 g/mol. The van der Waals surface area contributed by atoms with Crippen molar-refractivity contribution in [2.45, 2.75) is 91.2 Å². The lowest BCUT2D eigenvalue weighted by Gasteiger charge is -2.50. The fraction of sp³-hybridized carbons (Fsp3) is 0.559. The minimum Gasteiger partial charge on any atom is -0.489 e. The fourth-order valence-electron chi connectivity index (χ4n) is 8.19. The predicted octanol–water partition coefficient (Wildman–Crippen LogP) is 7.19. The van der Waals surface area contributed by atoms with Gasteiger partial charge in [-0.1, -0.05) is 62.4 Å². The number of hydrogen-bond donors (Lipinski definition) is 0. The summed E-state index contributed by atoms with van der Waals surface area (Å²) in [6, 6.07) is 17.2. The molecule has 0 N–H and O–H groups in total. The van der Waals surface area contributed by atoms with Crippen LogP contribution < -0.4 is 4.74 Å². The van der Waals surface area contributed by atoms with Gasteiger partial charge in [0, 0.05) is 24.6 Å². The largest absolute Gasteiger partial charge is 0.489 e. The van der Waals surface area contributed by atoms with Crippen molar-refractivity contribution in [3.8, 4) is 5.75 Å². The van der Waals surface area contributed by atoms with Gasteiger partial charge in [-0.3, -0.25) is 9.48 Å². The minimum atomic E-state index is -0.139. The zero-order chi connectivity index (χ0) is 27.0. The molecule has 0 aliphatic heterocycles. The van der Waals surface area contributed by atoms with Crippen molar-refractivity contribution in [1.82, 2.24) is 15.0 Å². The molecule has 2 saturated carbocycles. The van der Waals surface area contributed by atoms with Crippen molar-refractivity contribution >= 4 is 5.78 Å². The van der Waals surface area contributed by atoms with Gasteiger partial charge in [-0.25, -0.2) is 0 Å². The molecule has 0 saturated heterocycles. The van der Waals surface area contributed by atoms with Crippen LogP contribution >= 0.6 is 0 Å². The summed E-state index contributed by atoms with van der Waals surface area (Å²) >= 11 is 0. The molecular formula is C34H43N3O2. The van der Waals surface area contributed by atoms with Crippen LogP contribution in [0.15, 0.2) is 54.7 Å². The van der Waals surface area contributed by atoms with Crippen LogP contribution in [-0.4, -0.2) is 20.8 Å². The third-order valence-electron chi connectivity index (χ3n) is 9.96. The summed E-state index contributed by atoms with van der Waals surface area (Å²) in [5, 5.41) is 8.71. The second kappa shape index (κ2) is 10.9. The van der Waals surface area contributed by atoms with E-state index in [1.165, 1.54) is 23.1 Å². The van der Waals surface area contributed by atoms with Gasteiger partial charge in [0.25, 0.3) is 0 Å². The number of benzene rings is 2. The van der Waals surface area contributed by atoms with Crippen LogP contribution in [0.25, 0.3) is 0 Å². The lowest BCUT2D eigenvalue weighted by Crippen LogP contribution is -2.44. The van der Waals surface area contributed by atoms with Crippen LogP contribution in [0.4, 0.5) is 0 Å². The first-order valence-electron chi connectivity index (χ1n) is 15.1. The average molecular weight is 526 g/mol. The van der Waals surface area contributed by atoms with E-state index in [2.05, 4.69) is 79.7 Å². The molecule has 5 heteroatoms. The Morgan fingerprint density at radius 3 is 2.79 bits per heavy atom. The van der Waals surface area contributed by atoms with Crippen molar-refractivity contribution < 1.29 is 9.53 Å². The summed E-state index contributed by atoms with van der Waals surface area (Å²) in [6.07, 6.45) is 10.4. The smallest absolute Gasteiger partial charge is 0.139 e. The number of rotatable bonds is 9. The summed E-state index contributed by atoms with van der Waals surface area (Å²) in [7, 11) is 0. The van der Waals surface area contributed by atoms with E-state index < -0.39 is 0 Å². The highest BCUT2D eigenvalue weighted by Gasteiger charge is 2.58. The van der Waals surface area contributed by atoms with Gasteiger partial charge < -0.3 is 4.74 Å². The standard InChI is InChI=1S/C34H43N3O2/c1-23(2)18-27-21-37(36-35-27)17-7-10-26-20-32(38)34(3)16-15-30-29-14-12-28(39-22-24-8-5-4-6-9-24)19-25(29)11-13-31(30)33(26)34/h4-6,8-9,12,14,19,21,23,26,30-31,33H,7,10-11,13,15-18,20,22H2,1-3H3. The van der Waals surface area contributed by atoms with Crippen molar-refractivity contribution in [3.05, 3.63) is 77.1 Å². The number of carbonyl (C=O) groups excluding carboxylic acids is 1. The van der Waals surface area contributed by atoms with Crippen molar-refractivity contribution in [1.29, 1.82) is 0 Å². The average Bonchev–Trinajstić information content (AvgIpc) is 3.48. The monoisotopic (exact) mass is 525 g/mol. The molecule has 3 aliphatic rings. The zero-order valence-electron chi connectivity index (χ0n) is 23.8. The van der Waals surface area contributed by atoms with Crippen molar-refractivity contribution in [3.63, 3.8) is 0 Å². The van der Waals surface area contributed by atoms with E-state index >= 15 is 0 Å². The molecule has 206 valence electrons. The number of aromatic nitrogens is 3. The molecule has 3 aromatic rings. The van der Waals surface area contributed by atoms with E-state index in [4.69, 9.17) is 4.74 Å². The molecule has 1 heterocycles. The number of fused-ring (bicyclic) bond motifs is 5. The molecule has 2 aromatic carbocycles. The van der Waals surface area contributed by atoms with E-state index in [9.17, 15) is 4.79 Å². The van der Waals surface area contributed by atoms with Gasteiger partial charge in [-0.15, -0.1) is 5.10 Å². The van der Waals surface area contributed by atoms with E-state index in [0.717, 1.165) is 62.9 Å². The number of aryl methyl sites for hydroxylation is 2. The third-order valence-corrected chi connectivity index (χ3v) is 9.96. The van der Waals surface area contributed by atoms with Gasteiger partial charge in [0.1, 0.15) is 18.1 Å². The van der Waals surface area contributed by atoms with Gasteiger partial charge in [0.15, 0.2) is 0 Å².